The Morgan fingerprint density at radius 2 is 2.29 bits per heavy atom. The number of halogens is 2. The molecule has 0 amide bonds. The van der Waals surface area contributed by atoms with Gasteiger partial charge in [-0.3, -0.25) is 0 Å². The van der Waals surface area contributed by atoms with Gasteiger partial charge in [-0.05, 0) is 13.5 Å². The van der Waals surface area contributed by atoms with Crippen molar-refractivity contribution in [1.29, 1.82) is 0 Å². The van der Waals surface area contributed by atoms with Gasteiger partial charge < -0.3 is 10.1 Å². The maximum atomic E-state index is 11.8. The zero-order chi connectivity index (χ0) is 12.7. The molecule has 1 aromatic heterocycles. The smallest absolute Gasteiger partial charge is 0.261 e. The highest BCUT2D eigenvalue weighted by Gasteiger charge is 2.09. The van der Waals surface area contributed by atoms with Crippen molar-refractivity contribution >= 4 is 11.3 Å². The minimum absolute atomic E-state index is 0.285. The van der Waals surface area contributed by atoms with E-state index >= 15 is 0 Å². The molecule has 0 saturated carbocycles. The van der Waals surface area contributed by atoms with Crippen LogP contribution in [-0.4, -0.2) is 31.2 Å². The standard InChI is InChI=1S/C11H18F2N2OS/c1-3-14-8(2)9-6-15-11(17-9)4-5-16-7-10(12)13/h6,8,10,14H,3-5,7H2,1-2H3. The summed E-state index contributed by atoms with van der Waals surface area (Å²) in [7, 11) is 0. The van der Waals surface area contributed by atoms with Crippen LogP contribution in [0.5, 0.6) is 0 Å². The van der Waals surface area contributed by atoms with E-state index in [1.54, 1.807) is 11.3 Å². The molecule has 1 rings (SSSR count). The fourth-order valence-corrected chi connectivity index (χ4v) is 2.31. The van der Waals surface area contributed by atoms with Crippen LogP contribution in [0.2, 0.25) is 0 Å². The molecule has 98 valence electrons. The molecular weight excluding hydrogens is 246 g/mol. The third kappa shape index (κ3) is 5.52. The van der Waals surface area contributed by atoms with Crippen molar-refractivity contribution in [3.8, 4) is 0 Å². The first-order chi connectivity index (χ1) is 8.13. The number of hydrogen-bond acceptors (Lipinski definition) is 4. The van der Waals surface area contributed by atoms with E-state index in [0.717, 1.165) is 16.4 Å². The molecule has 0 aliphatic heterocycles. The maximum Gasteiger partial charge on any atom is 0.261 e. The van der Waals surface area contributed by atoms with E-state index in [1.165, 1.54) is 0 Å². The van der Waals surface area contributed by atoms with Gasteiger partial charge in [0.25, 0.3) is 6.43 Å². The molecule has 0 bridgehead atoms. The van der Waals surface area contributed by atoms with Crippen molar-refractivity contribution in [2.45, 2.75) is 32.7 Å². The molecule has 6 heteroatoms. The molecule has 17 heavy (non-hydrogen) atoms. The molecular formula is C11H18F2N2OS. The third-order valence-electron chi connectivity index (χ3n) is 2.21. The number of nitrogens with zero attached hydrogens (tertiary/aromatic N) is 1. The minimum Gasteiger partial charge on any atom is -0.375 e. The van der Waals surface area contributed by atoms with Gasteiger partial charge in [0, 0.05) is 23.5 Å². The number of ether oxygens (including phenoxy) is 1. The average molecular weight is 264 g/mol. The van der Waals surface area contributed by atoms with E-state index in [9.17, 15) is 8.78 Å². The zero-order valence-corrected chi connectivity index (χ0v) is 10.9. The Morgan fingerprint density at radius 3 is 2.94 bits per heavy atom. The lowest BCUT2D eigenvalue weighted by molar-refractivity contribution is 0.0187. The predicted octanol–water partition coefficient (Wildman–Crippen LogP) is 2.64. The lowest BCUT2D eigenvalue weighted by Gasteiger charge is -2.08. The van der Waals surface area contributed by atoms with Crippen molar-refractivity contribution in [3.05, 3.63) is 16.1 Å². The summed E-state index contributed by atoms with van der Waals surface area (Å²) >= 11 is 1.60. The van der Waals surface area contributed by atoms with E-state index in [2.05, 4.69) is 24.1 Å². The number of hydrogen-bond donors (Lipinski definition) is 1. The van der Waals surface area contributed by atoms with Gasteiger partial charge in [-0.25, -0.2) is 13.8 Å². The third-order valence-corrected chi connectivity index (χ3v) is 3.45. The van der Waals surface area contributed by atoms with E-state index < -0.39 is 13.0 Å². The molecule has 3 nitrogen and oxygen atoms in total. The van der Waals surface area contributed by atoms with Gasteiger partial charge in [0.2, 0.25) is 0 Å². The molecule has 1 aromatic rings. The fraction of sp³-hybridized carbons (Fsp3) is 0.727. The van der Waals surface area contributed by atoms with Crippen LogP contribution in [0.1, 0.15) is 29.8 Å². The average Bonchev–Trinajstić information content (AvgIpc) is 2.73. The molecule has 1 unspecified atom stereocenters. The van der Waals surface area contributed by atoms with Gasteiger partial charge in [0.15, 0.2) is 0 Å². The Hall–Kier alpha value is -0.590. The molecule has 0 fully saturated rings. The Bertz CT molecular complexity index is 320. The first kappa shape index (κ1) is 14.5. The molecule has 1 heterocycles. The molecule has 0 spiro atoms. The monoisotopic (exact) mass is 264 g/mol. The summed E-state index contributed by atoms with van der Waals surface area (Å²) in [5.41, 5.74) is 0. The van der Waals surface area contributed by atoms with Gasteiger partial charge in [-0.1, -0.05) is 6.92 Å². The summed E-state index contributed by atoms with van der Waals surface area (Å²) in [6.45, 7) is 4.84. The SMILES string of the molecule is CCNC(C)c1cnc(CCOCC(F)F)s1. The highest BCUT2D eigenvalue weighted by atomic mass is 32.1. The van der Waals surface area contributed by atoms with Crippen molar-refractivity contribution in [2.24, 2.45) is 0 Å². The first-order valence-corrected chi connectivity index (χ1v) is 6.49. The number of rotatable bonds is 8. The minimum atomic E-state index is -2.39. The largest absolute Gasteiger partial charge is 0.375 e. The summed E-state index contributed by atoms with van der Waals surface area (Å²) in [6.07, 6.45) is 0.0343. The summed E-state index contributed by atoms with van der Waals surface area (Å²) in [4.78, 5) is 5.41. The van der Waals surface area contributed by atoms with Crippen LogP contribution in [0.15, 0.2) is 6.20 Å². The first-order valence-electron chi connectivity index (χ1n) is 5.67. The van der Waals surface area contributed by atoms with Crippen LogP contribution in [0.3, 0.4) is 0 Å². The van der Waals surface area contributed by atoms with Crippen LogP contribution in [0.25, 0.3) is 0 Å². The van der Waals surface area contributed by atoms with Gasteiger partial charge in [-0.2, -0.15) is 0 Å². The van der Waals surface area contributed by atoms with Crippen molar-refractivity contribution < 1.29 is 13.5 Å². The van der Waals surface area contributed by atoms with Crippen LogP contribution in [0, 0.1) is 0 Å². The van der Waals surface area contributed by atoms with Crippen LogP contribution >= 0.6 is 11.3 Å². The van der Waals surface area contributed by atoms with Crippen molar-refractivity contribution in [2.75, 3.05) is 19.8 Å². The summed E-state index contributed by atoms with van der Waals surface area (Å²) in [6, 6.07) is 0.285. The molecule has 0 aliphatic rings. The molecule has 0 aliphatic carbocycles. The topological polar surface area (TPSA) is 34.2 Å². The normalized spacial score (nSPS) is 13.2. The maximum absolute atomic E-state index is 11.8. The fourth-order valence-electron chi connectivity index (χ4n) is 1.38. The Labute approximate surface area is 104 Å². The Morgan fingerprint density at radius 1 is 1.53 bits per heavy atom. The molecule has 1 N–H and O–H groups in total. The summed E-state index contributed by atoms with van der Waals surface area (Å²) < 4.78 is 28.4. The van der Waals surface area contributed by atoms with E-state index in [4.69, 9.17) is 4.74 Å². The molecule has 0 saturated heterocycles. The number of aromatic nitrogens is 1. The highest BCUT2D eigenvalue weighted by molar-refractivity contribution is 7.11. The second-order valence-electron chi connectivity index (χ2n) is 3.65. The van der Waals surface area contributed by atoms with Gasteiger partial charge in [-0.15, -0.1) is 11.3 Å². The van der Waals surface area contributed by atoms with E-state index in [0.29, 0.717) is 13.0 Å². The van der Waals surface area contributed by atoms with Crippen LogP contribution < -0.4 is 5.32 Å². The van der Waals surface area contributed by atoms with Crippen molar-refractivity contribution in [1.82, 2.24) is 10.3 Å². The van der Waals surface area contributed by atoms with Crippen molar-refractivity contribution in [3.63, 3.8) is 0 Å². The zero-order valence-electron chi connectivity index (χ0n) is 10.1. The lowest BCUT2D eigenvalue weighted by atomic mass is 10.3. The van der Waals surface area contributed by atoms with Gasteiger partial charge >= 0.3 is 0 Å². The Kier molecular flexibility index (Phi) is 6.54. The predicted molar refractivity (Wildman–Crippen MR) is 64.7 cm³/mol. The number of alkyl halides is 2. The Balaban J connectivity index is 2.30. The number of thiazole rings is 1. The highest BCUT2D eigenvalue weighted by Crippen LogP contribution is 2.20. The van der Waals surface area contributed by atoms with Crippen LogP contribution in [0.4, 0.5) is 8.78 Å². The lowest BCUT2D eigenvalue weighted by Crippen LogP contribution is -2.16. The molecule has 0 aromatic carbocycles. The summed E-state index contributed by atoms with van der Waals surface area (Å²) in [5, 5.41) is 4.23. The van der Waals surface area contributed by atoms with Gasteiger partial charge in [0.1, 0.15) is 6.61 Å². The number of nitrogens with one attached hydrogen (secondary N) is 1. The second kappa shape index (κ2) is 7.68. The van der Waals surface area contributed by atoms with E-state index in [-0.39, 0.29) is 6.04 Å². The van der Waals surface area contributed by atoms with Crippen LogP contribution in [-0.2, 0) is 11.2 Å². The quantitative estimate of drug-likeness (QED) is 0.733. The molecule has 0 radical (unpaired) electrons. The van der Waals surface area contributed by atoms with Gasteiger partial charge in [0.05, 0.1) is 11.6 Å². The van der Waals surface area contributed by atoms with E-state index in [1.807, 2.05) is 6.20 Å². The summed E-state index contributed by atoms with van der Waals surface area (Å²) in [5.74, 6) is 0. The second-order valence-corrected chi connectivity index (χ2v) is 4.80. The molecule has 1 atom stereocenters.